The number of hydrogen-bond donors (Lipinski definition) is 1. The van der Waals surface area contributed by atoms with Gasteiger partial charge in [-0.15, -0.1) is 0 Å². The molecule has 0 aromatic heterocycles. The van der Waals surface area contributed by atoms with Crippen LogP contribution in [0.1, 0.15) is 50.7 Å². The lowest BCUT2D eigenvalue weighted by Crippen LogP contribution is -2.46. The molecule has 0 saturated carbocycles. The fourth-order valence-corrected chi connectivity index (χ4v) is 3.98. The highest BCUT2D eigenvalue weighted by Gasteiger charge is 2.28. The van der Waals surface area contributed by atoms with E-state index < -0.39 is 10.2 Å². The third-order valence-corrected chi connectivity index (χ3v) is 6.60. The van der Waals surface area contributed by atoms with E-state index >= 15 is 0 Å². The molecule has 0 aliphatic rings. The maximum Gasteiger partial charge on any atom is 0.304 e. The van der Waals surface area contributed by atoms with Crippen LogP contribution in [-0.4, -0.2) is 45.8 Å². The average Bonchev–Trinajstić information content (AvgIpc) is 2.61. The molecule has 1 N–H and O–H groups in total. The summed E-state index contributed by atoms with van der Waals surface area (Å²) in [6.07, 6.45) is 4.34. The Morgan fingerprint density at radius 3 is 2.41 bits per heavy atom. The van der Waals surface area contributed by atoms with Gasteiger partial charge in [0.15, 0.2) is 0 Å². The molecule has 1 aromatic rings. The van der Waals surface area contributed by atoms with Gasteiger partial charge >= 0.3 is 10.2 Å². The summed E-state index contributed by atoms with van der Waals surface area (Å²) in [5.74, 6) is 0.143. The van der Waals surface area contributed by atoms with E-state index in [1.54, 1.807) is 6.07 Å². The lowest BCUT2D eigenvalue weighted by molar-refractivity contribution is -0.119. The van der Waals surface area contributed by atoms with Gasteiger partial charge in [0.25, 0.3) is 0 Å². The molecule has 0 spiro atoms. The summed E-state index contributed by atoms with van der Waals surface area (Å²) in [5, 5.41) is 2.92. The van der Waals surface area contributed by atoms with Crippen molar-refractivity contribution >= 4 is 21.8 Å². The van der Waals surface area contributed by atoms with Gasteiger partial charge in [0, 0.05) is 20.6 Å². The van der Waals surface area contributed by atoms with Crippen LogP contribution in [0.2, 0.25) is 0 Å². The number of rotatable bonds is 11. The van der Waals surface area contributed by atoms with E-state index in [1.807, 2.05) is 26.0 Å². The Kier molecular flexibility index (Phi) is 9.26. The predicted octanol–water partition coefficient (Wildman–Crippen LogP) is 3.25. The van der Waals surface area contributed by atoms with Crippen LogP contribution in [0, 0.1) is 19.8 Å². The molecular formula is C20H35N3O3S. The number of anilines is 1. The van der Waals surface area contributed by atoms with Gasteiger partial charge in [0.1, 0.15) is 6.54 Å². The van der Waals surface area contributed by atoms with Gasteiger partial charge in [0.05, 0.1) is 5.69 Å². The number of amides is 1. The Balaban J connectivity index is 2.99. The number of unbranched alkanes of at least 4 members (excludes halogenated alkanes) is 1. The molecule has 1 amide bonds. The molecule has 7 heteroatoms. The number of carbonyl (C=O) groups is 1. The first-order chi connectivity index (χ1) is 12.6. The topological polar surface area (TPSA) is 69.7 Å². The summed E-state index contributed by atoms with van der Waals surface area (Å²) >= 11 is 0. The van der Waals surface area contributed by atoms with Gasteiger partial charge < -0.3 is 5.32 Å². The zero-order chi connectivity index (χ0) is 20.6. The van der Waals surface area contributed by atoms with E-state index in [-0.39, 0.29) is 12.5 Å². The first-order valence-electron chi connectivity index (χ1n) is 9.67. The van der Waals surface area contributed by atoms with Crippen molar-refractivity contribution in [2.75, 3.05) is 31.5 Å². The Morgan fingerprint density at radius 2 is 1.85 bits per heavy atom. The number of aryl methyl sites for hydroxylation is 2. The van der Waals surface area contributed by atoms with Crippen LogP contribution in [0.3, 0.4) is 0 Å². The largest absolute Gasteiger partial charge is 0.354 e. The zero-order valence-electron chi connectivity index (χ0n) is 17.6. The standard InChI is InChI=1S/C20H35N3O3S/c1-7-9-10-18(8-2)14-21-20(24)15-23(27(25,26)22(5)6)19-13-16(3)11-12-17(19)4/h11-13,18H,7-10,14-15H2,1-6H3,(H,21,24). The second-order valence-corrected chi connectivity index (χ2v) is 9.37. The molecule has 0 aliphatic carbocycles. The Hall–Kier alpha value is -1.60. The number of nitrogens with one attached hydrogen (secondary N) is 1. The average molecular weight is 398 g/mol. The van der Waals surface area contributed by atoms with Crippen molar-refractivity contribution in [3.63, 3.8) is 0 Å². The van der Waals surface area contributed by atoms with Crippen LogP contribution >= 0.6 is 0 Å². The molecular weight excluding hydrogens is 362 g/mol. The second-order valence-electron chi connectivity index (χ2n) is 7.31. The van der Waals surface area contributed by atoms with Crippen LogP contribution in [0.15, 0.2) is 18.2 Å². The molecule has 1 unspecified atom stereocenters. The summed E-state index contributed by atoms with van der Waals surface area (Å²) in [6, 6.07) is 5.61. The van der Waals surface area contributed by atoms with Crippen molar-refractivity contribution in [3.05, 3.63) is 29.3 Å². The van der Waals surface area contributed by atoms with Crippen molar-refractivity contribution in [3.8, 4) is 0 Å². The van der Waals surface area contributed by atoms with E-state index in [2.05, 4.69) is 19.2 Å². The molecule has 0 fully saturated rings. The van der Waals surface area contributed by atoms with Crippen LogP contribution < -0.4 is 9.62 Å². The molecule has 0 aliphatic heterocycles. The molecule has 0 radical (unpaired) electrons. The highest BCUT2D eigenvalue weighted by molar-refractivity contribution is 7.90. The van der Waals surface area contributed by atoms with Gasteiger partial charge in [-0.1, -0.05) is 45.2 Å². The Labute approximate surface area is 165 Å². The summed E-state index contributed by atoms with van der Waals surface area (Å²) in [7, 11) is -0.828. The molecule has 154 valence electrons. The lowest BCUT2D eigenvalue weighted by Gasteiger charge is -2.28. The Bertz CT molecular complexity index is 717. The molecule has 1 atom stereocenters. The van der Waals surface area contributed by atoms with E-state index in [0.717, 1.165) is 41.1 Å². The van der Waals surface area contributed by atoms with E-state index in [9.17, 15) is 13.2 Å². The monoisotopic (exact) mass is 397 g/mol. The normalized spacial score (nSPS) is 12.9. The third kappa shape index (κ3) is 6.81. The van der Waals surface area contributed by atoms with Crippen LogP contribution in [0.4, 0.5) is 5.69 Å². The van der Waals surface area contributed by atoms with Gasteiger partial charge in [0.2, 0.25) is 5.91 Å². The SMILES string of the molecule is CCCCC(CC)CNC(=O)CN(c1cc(C)ccc1C)S(=O)(=O)N(C)C. The molecule has 6 nitrogen and oxygen atoms in total. The fourth-order valence-electron chi connectivity index (χ4n) is 2.86. The van der Waals surface area contributed by atoms with E-state index in [0.29, 0.717) is 18.2 Å². The van der Waals surface area contributed by atoms with Crippen LogP contribution in [0.25, 0.3) is 0 Å². The molecule has 1 rings (SSSR count). The van der Waals surface area contributed by atoms with Crippen LogP contribution in [0.5, 0.6) is 0 Å². The highest BCUT2D eigenvalue weighted by atomic mass is 32.2. The van der Waals surface area contributed by atoms with E-state index in [4.69, 9.17) is 0 Å². The van der Waals surface area contributed by atoms with Crippen LogP contribution in [-0.2, 0) is 15.0 Å². The smallest absolute Gasteiger partial charge is 0.304 e. The minimum Gasteiger partial charge on any atom is -0.354 e. The zero-order valence-corrected chi connectivity index (χ0v) is 18.4. The van der Waals surface area contributed by atoms with Gasteiger partial charge in [-0.3, -0.25) is 4.79 Å². The molecule has 0 bridgehead atoms. The van der Waals surface area contributed by atoms with Gasteiger partial charge in [-0.2, -0.15) is 12.7 Å². The fraction of sp³-hybridized carbons (Fsp3) is 0.650. The Morgan fingerprint density at radius 1 is 1.19 bits per heavy atom. The van der Waals surface area contributed by atoms with Crippen molar-refractivity contribution < 1.29 is 13.2 Å². The number of carbonyl (C=O) groups excluding carboxylic acids is 1. The first-order valence-corrected chi connectivity index (χ1v) is 11.1. The number of nitrogens with zero attached hydrogens (tertiary/aromatic N) is 2. The minimum absolute atomic E-state index is 0.227. The number of benzene rings is 1. The summed E-state index contributed by atoms with van der Waals surface area (Å²) < 4.78 is 28.0. The van der Waals surface area contributed by atoms with Gasteiger partial charge in [-0.05, 0) is 43.4 Å². The quantitative estimate of drug-likeness (QED) is 0.623. The number of hydrogen-bond acceptors (Lipinski definition) is 3. The lowest BCUT2D eigenvalue weighted by atomic mass is 9.99. The third-order valence-electron chi connectivity index (χ3n) is 4.79. The predicted molar refractivity (Wildman–Crippen MR) is 112 cm³/mol. The summed E-state index contributed by atoms with van der Waals surface area (Å²) in [6.45, 7) is 8.38. The van der Waals surface area contributed by atoms with Crippen molar-refractivity contribution in [2.24, 2.45) is 5.92 Å². The van der Waals surface area contributed by atoms with Crippen molar-refractivity contribution in [2.45, 2.75) is 53.4 Å². The maximum absolute atomic E-state index is 12.8. The molecule has 1 aromatic carbocycles. The molecule has 27 heavy (non-hydrogen) atoms. The van der Waals surface area contributed by atoms with Gasteiger partial charge in [-0.25, -0.2) is 4.31 Å². The summed E-state index contributed by atoms with van der Waals surface area (Å²) in [4.78, 5) is 12.6. The first kappa shape index (κ1) is 23.4. The van der Waals surface area contributed by atoms with Crippen molar-refractivity contribution in [1.82, 2.24) is 9.62 Å². The maximum atomic E-state index is 12.8. The summed E-state index contributed by atoms with van der Waals surface area (Å²) in [5.41, 5.74) is 2.30. The van der Waals surface area contributed by atoms with E-state index in [1.165, 1.54) is 18.4 Å². The second kappa shape index (κ2) is 10.7. The molecule has 0 heterocycles. The molecule has 0 saturated heterocycles. The highest BCUT2D eigenvalue weighted by Crippen LogP contribution is 2.25. The van der Waals surface area contributed by atoms with Crippen molar-refractivity contribution in [1.29, 1.82) is 0 Å². The minimum atomic E-state index is -3.78.